The Labute approximate surface area is 125 Å². The molecule has 0 bridgehead atoms. The summed E-state index contributed by atoms with van der Waals surface area (Å²) in [5, 5.41) is 7.72. The Kier molecular flexibility index (Phi) is 6.02. The van der Waals surface area contributed by atoms with E-state index in [2.05, 4.69) is 29.2 Å². The average Bonchev–Trinajstić information content (AvgIpc) is 2.32. The fourth-order valence-electron chi connectivity index (χ4n) is 1.93. The molecule has 1 aromatic rings. The van der Waals surface area contributed by atoms with Crippen LogP contribution >= 0.6 is 11.6 Å². The van der Waals surface area contributed by atoms with Crippen LogP contribution in [0.5, 0.6) is 0 Å². The van der Waals surface area contributed by atoms with E-state index >= 15 is 0 Å². The quantitative estimate of drug-likeness (QED) is 0.877. The van der Waals surface area contributed by atoms with Crippen LogP contribution in [0.15, 0.2) is 11.0 Å². The highest BCUT2D eigenvalue weighted by molar-refractivity contribution is 6.32. The zero-order valence-corrected chi connectivity index (χ0v) is 13.9. The number of nitrogens with zero attached hydrogens (tertiary/aromatic N) is 3. The third-order valence-electron chi connectivity index (χ3n) is 3.14. The van der Waals surface area contributed by atoms with Gasteiger partial charge >= 0.3 is 0 Å². The highest BCUT2D eigenvalue weighted by Crippen LogP contribution is 2.19. The Bertz CT molecular complexity index is 496. The monoisotopic (exact) mass is 300 g/mol. The van der Waals surface area contributed by atoms with Gasteiger partial charge in [0, 0.05) is 12.6 Å². The van der Waals surface area contributed by atoms with E-state index in [4.69, 9.17) is 11.6 Å². The van der Waals surface area contributed by atoms with E-state index < -0.39 is 0 Å². The largest absolute Gasteiger partial charge is 0.378 e. The van der Waals surface area contributed by atoms with Crippen LogP contribution in [0.1, 0.15) is 33.7 Å². The highest BCUT2D eigenvalue weighted by atomic mass is 35.5. The molecule has 0 saturated heterocycles. The summed E-state index contributed by atoms with van der Waals surface area (Å²) in [5.41, 5.74) is 0.355. The topological polar surface area (TPSA) is 50.2 Å². The van der Waals surface area contributed by atoms with Crippen LogP contribution in [0.25, 0.3) is 0 Å². The predicted octanol–water partition coefficient (Wildman–Crippen LogP) is 2.48. The van der Waals surface area contributed by atoms with Gasteiger partial charge in [-0.05, 0) is 33.9 Å². The molecule has 0 amide bonds. The first kappa shape index (κ1) is 17.0. The van der Waals surface area contributed by atoms with Crippen molar-refractivity contribution in [1.82, 2.24) is 14.7 Å². The minimum Gasteiger partial charge on any atom is -0.378 e. The molecule has 1 unspecified atom stereocenters. The second-order valence-corrected chi connectivity index (χ2v) is 6.35. The zero-order valence-electron chi connectivity index (χ0n) is 13.1. The van der Waals surface area contributed by atoms with Crippen LogP contribution in [0.2, 0.25) is 5.02 Å². The predicted molar refractivity (Wildman–Crippen MR) is 84.7 cm³/mol. The summed E-state index contributed by atoms with van der Waals surface area (Å²) >= 11 is 6.18. The van der Waals surface area contributed by atoms with Gasteiger partial charge in [0.05, 0.1) is 17.9 Å². The summed E-state index contributed by atoms with van der Waals surface area (Å²) in [6.45, 7) is 8.94. The van der Waals surface area contributed by atoms with Crippen molar-refractivity contribution in [2.75, 3.05) is 26.0 Å². The number of hydrogen-bond donors (Lipinski definition) is 1. The van der Waals surface area contributed by atoms with E-state index in [1.807, 2.05) is 27.9 Å². The Balaban J connectivity index is 3.03. The normalized spacial score (nSPS) is 13.3. The molecule has 1 rings (SSSR count). The molecule has 0 fully saturated rings. The maximum absolute atomic E-state index is 12.1. The van der Waals surface area contributed by atoms with E-state index in [9.17, 15) is 4.79 Å². The summed E-state index contributed by atoms with van der Waals surface area (Å²) in [5.74, 6) is 0.418. The summed E-state index contributed by atoms with van der Waals surface area (Å²) in [4.78, 5) is 14.2. The Morgan fingerprint density at radius 3 is 2.40 bits per heavy atom. The molecule has 1 atom stereocenters. The Morgan fingerprint density at radius 1 is 1.35 bits per heavy atom. The molecule has 0 aliphatic carbocycles. The van der Waals surface area contributed by atoms with Crippen molar-refractivity contribution >= 4 is 17.3 Å². The van der Waals surface area contributed by atoms with Crippen molar-refractivity contribution in [3.63, 3.8) is 0 Å². The van der Waals surface area contributed by atoms with Crippen LogP contribution in [0.3, 0.4) is 0 Å². The fraction of sp³-hybridized carbons (Fsp3) is 0.714. The third kappa shape index (κ3) is 4.21. The minimum atomic E-state index is -0.251. The van der Waals surface area contributed by atoms with Crippen molar-refractivity contribution < 1.29 is 0 Å². The molecule has 5 nitrogen and oxygen atoms in total. The zero-order chi connectivity index (χ0) is 15.4. The highest BCUT2D eigenvalue weighted by Gasteiger charge is 2.18. The van der Waals surface area contributed by atoms with Gasteiger partial charge in [-0.1, -0.05) is 25.4 Å². The van der Waals surface area contributed by atoms with E-state index in [1.54, 1.807) is 6.20 Å². The lowest BCUT2D eigenvalue weighted by Crippen LogP contribution is -2.37. The van der Waals surface area contributed by atoms with Crippen LogP contribution in [0.4, 0.5) is 5.69 Å². The van der Waals surface area contributed by atoms with Gasteiger partial charge in [-0.3, -0.25) is 4.79 Å². The van der Waals surface area contributed by atoms with Gasteiger partial charge in [0.1, 0.15) is 5.02 Å². The lowest BCUT2D eigenvalue weighted by molar-refractivity contribution is 0.344. The van der Waals surface area contributed by atoms with Crippen molar-refractivity contribution in [1.29, 1.82) is 0 Å². The first-order valence-corrected chi connectivity index (χ1v) is 7.30. The van der Waals surface area contributed by atoms with Crippen LogP contribution in [-0.2, 0) is 0 Å². The van der Waals surface area contributed by atoms with Crippen molar-refractivity contribution in [2.45, 2.75) is 39.8 Å². The number of rotatable bonds is 6. The first-order valence-electron chi connectivity index (χ1n) is 6.92. The number of nitrogens with one attached hydrogen (secondary N) is 1. The molecular formula is C14H25ClN4O. The molecule has 0 radical (unpaired) electrons. The second-order valence-electron chi connectivity index (χ2n) is 5.97. The molecule has 1 heterocycles. The van der Waals surface area contributed by atoms with Crippen molar-refractivity contribution in [2.24, 2.45) is 5.92 Å². The number of halogens is 1. The average molecular weight is 301 g/mol. The fourth-order valence-corrected chi connectivity index (χ4v) is 2.12. The lowest BCUT2D eigenvalue weighted by atomic mass is 10.0. The summed E-state index contributed by atoms with van der Waals surface area (Å²) < 4.78 is 1.39. The van der Waals surface area contributed by atoms with Crippen LogP contribution in [-0.4, -0.2) is 41.4 Å². The Hall–Kier alpha value is -1.07. The lowest BCUT2D eigenvalue weighted by Gasteiger charge is -2.27. The molecule has 0 spiro atoms. The second kappa shape index (κ2) is 7.09. The van der Waals surface area contributed by atoms with Gasteiger partial charge in [-0.15, -0.1) is 0 Å². The molecule has 0 saturated carbocycles. The molecule has 1 N–H and O–H groups in total. The standard InChI is InChI=1S/C14H25ClN4O/c1-9(2)12(8-18(5)6)17-11-7-16-19(10(3)4)14(20)13(11)15/h7,9-10,12,17H,8H2,1-6H3. The molecule has 6 heteroatoms. The molecule has 114 valence electrons. The van der Waals surface area contributed by atoms with Crippen molar-refractivity contribution in [3.05, 3.63) is 21.6 Å². The maximum Gasteiger partial charge on any atom is 0.287 e. The molecule has 0 aliphatic rings. The number of aromatic nitrogens is 2. The summed E-state index contributed by atoms with van der Waals surface area (Å²) in [6.07, 6.45) is 1.63. The molecule has 0 aliphatic heterocycles. The molecule has 0 aromatic carbocycles. The number of likely N-dealkylation sites (N-methyl/N-ethyl adjacent to an activating group) is 1. The van der Waals surface area contributed by atoms with E-state index in [1.165, 1.54) is 4.68 Å². The van der Waals surface area contributed by atoms with Gasteiger partial charge in [0.15, 0.2) is 0 Å². The minimum absolute atomic E-state index is 0.00304. The van der Waals surface area contributed by atoms with Gasteiger partial charge in [-0.2, -0.15) is 5.10 Å². The van der Waals surface area contributed by atoms with E-state index in [0.717, 1.165) is 6.54 Å². The van der Waals surface area contributed by atoms with E-state index in [0.29, 0.717) is 11.6 Å². The maximum atomic E-state index is 12.1. The van der Waals surface area contributed by atoms with Gasteiger partial charge in [-0.25, -0.2) is 4.68 Å². The SMILES string of the molecule is CC(C)C(CN(C)C)Nc1cnn(C(C)C)c(=O)c1Cl. The molecule has 1 aromatic heterocycles. The number of anilines is 1. The first-order chi connectivity index (χ1) is 9.23. The smallest absolute Gasteiger partial charge is 0.287 e. The third-order valence-corrected chi connectivity index (χ3v) is 3.51. The van der Waals surface area contributed by atoms with Crippen LogP contribution in [0, 0.1) is 5.92 Å². The molecular weight excluding hydrogens is 276 g/mol. The number of hydrogen-bond acceptors (Lipinski definition) is 4. The van der Waals surface area contributed by atoms with E-state index in [-0.39, 0.29) is 22.7 Å². The summed E-state index contributed by atoms with van der Waals surface area (Å²) in [7, 11) is 4.04. The summed E-state index contributed by atoms with van der Waals surface area (Å²) in [6, 6.07) is 0.204. The van der Waals surface area contributed by atoms with Gasteiger partial charge in [0.2, 0.25) is 0 Å². The van der Waals surface area contributed by atoms with Gasteiger partial charge in [0.25, 0.3) is 5.56 Å². The van der Waals surface area contributed by atoms with Gasteiger partial charge < -0.3 is 10.2 Å². The molecule has 20 heavy (non-hydrogen) atoms. The van der Waals surface area contributed by atoms with Crippen molar-refractivity contribution in [3.8, 4) is 0 Å². The van der Waals surface area contributed by atoms with Crippen LogP contribution < -0.4 is 10.9 Å². The Morgan fingerprint density at radius 2 is 1.95 bits per heavy atom.